The van der Waals surface area contributed by atoms with E-state index in [2.05, 4.69) is 50.7 Å². The molecule has 0 aromatic rings. The lowest BCUT2D eigenvalue weighted by atomic mass is 9.80. The highest BCUT2D eigenvalue weighted by Gasteiger charge is 2.29. The molecule has 2 heteroatoms. The van der Waals surface area contributed by atoms with Gasteiger partial charge in [-0.1, -0.05) is 27.7 Å². The lowest BCUT2D eigenvalue weighted by molar-refractivity contribution is 0.143. The van der Waals surface area contributed by atoms with Crippen LogP contribution in [0.4, 0.5) is 0 Å². The van der Waals surface area contributed by atoms with E-state index in [4.69, 9.17) is 0 Å². The van der Waals surface area contributed by atoms with Gasteiger partial charge in [-0.05, 0) is 25.3 Å². The summed E-state index contributed by atoms with van der Waals surface area (Å²) in [5, 5.41) is 0. The summed E-state index contributed by atoms with van der Waals surface area (Å²) in [6.45, 7) is 13.6. The number of hydrogen-bond donors (Lipinski definition) is 0. The third-order valence-electron chi connectivity index (χ3n) is 3.06. The van der Waals surface area contributed by atoms with E-state index in [-0.39, 0.29) is 0 Å². The first kappa shape index (κ1) is 11.7. The first-order chi connectivity index (χ1) is 6.45. The van der Waals surface area contributed by atoms with E-state index in [0.29, 0.717) is 17.5 Å². The van der Waals surface area contributed by atoms with E-state index in [1.165, 1.54) is 19.5 Å². The highest BCUT2D eigenvalue weighted by Crippen LogP contribution is 2.28. The molecule has 2 atom stereocenters. The van der Waals surface area contributed by atoms with Gasteiger partial charge < -0.3 is 0 Å². The summed E-state index contributed by atoms with van der Waals surface area (Å²) in [5.74, 6) is 0.602. The van der Waals surface area contributed by atoms with Crippen molar-refractivity contribution >= 4 is 6.21 Å². The van der Waals surface area contributed by atoms with Gasteiger partial charge in [0.25, 0.3) is 0 Å². The number of aliphatic imine (C=N–C) groups is 1. The van der Waals surface area contributed by atoms with Crippen LogP contribution in [0.2, 0.25) is 0 Å². The monoisotopic (exact) mass is 196 g/mol. The number of hydrogen-bond acceptors (Lipinski definition) is 2. The van der Waals surface area contributed by atoms with Crippen LogP contribution in [-0.4, -0.2) is 30.4 Å². The summed E-state index contributed by atoms with van der Waals surface area (Å²) >= 11 is 0. The van der Waals surface area contributed by atoms with E-state index < -0.39 is 0 Å². The van der Waals surface area contributed by atoms with Crippen LogP contribution in [-0.2, 0) is 0 Å². The molecular formula is C12H24N2. The fraction of sp³-hybridized carbons (Fsp3) is 0.917. The highest BCUT2D eigenvalue weighted by molar-refractivity contribution is 5.63. The van der Waals surface area contributed by atoms with Crippen molar-refractivity contribution in [3.63, 3.8) is 0 Å². The maximum atomic E-state index is 4.58. The zero-order chi connectivity index (χ0) is 10.8. The van der Waals surface area contributed by atoms with Crippen LogP contribution in [0, 0.1) is 11.3 Å². The van der Waals surface area contributed by atoms with Crippen LogP contribution in [0.3, 0.4) is 0 Å². The van der Waals surface area contributed by atoms with Crippen LogP contribution in [0.5, 0.6) is 0 Å². The van der Waals surface area contributed by atoms with E-state index >= 15 is 0 Å². The molecule has 82 valence electrons. The maximum Gasteiger partial charge on any atom is 0.0986 e. The Hall–Kier alpha value is -0.370. The van der Waals surface area contributed by atoms with E-state index in [0.717, 1.165) is 0 Å². The van der Waals surface area contributed by atoms with Crippen molar-refractivity contribution in [2.75, 3.05) is 13.1 Å². The van der Waals surface area contributed by atoms with Gasteiger partial charge in [0.1, 0.15) is 0 Å². The lowest BCUT2D eigenvalue weighted by Crippen LogP contribution is -2.44. The molecule has 2 nitrogen and oxygen atoms in total. The maximum absolute atomic E-state index is 4.58. The van der Waals surface area contributed by atoms with E-state index in [9.17, 15) is 0 Å². The van der Waals surface area contributed by atoms with Crippen molar-refractivity contribution in [1.29, 1.82) is 0 Å². The molecule has 0 bridgehead atoms. The van der Waals surface area contributed by atoms with Crippen molar-refractivity contribution in [3.05, 3.63) is 0 Å². The fourth-order valence-corrected chi connectivity index (χ4v) is 1.84. The minimum atomic E-state index is 0.343. The Morgan fingerprint density at radius 2 is 2.07 bits per heavy atom. The normalized spacial score (nSPS) is 29.5. The zero-order valence-electron chi connectivity index (χ0n) is 10.2. The predicted octanol–water partition coefficient (Wildman–Crippen LogP) is 2.79. The van der Waals surface area contributed by atoms with Gasteiger partial charge in [-0.3, -0.25) is 9.89 Å². The summed E-state index contributed by atoms with van der Waals surface area (Å²) in [6.07, 6.45) is 3.77. The molecule has 0 fully saturated rings. The Morgan fingerprint density at radius 1 is 1.43 bits per heavy atom. The minimum Gasteiger partial charge on any atom is -0.282 e. The molecule has 1 aliphatic heterocycles. The SMILES string of the molecule is CCCN1CC(C(C)(C)C)C=NC1C. The van der Waals surface area contributed by atoms with Crippen LogP contribution < -0.4 is 0 Å². The Labute approximate surface area is 88.4 Å². The summed E-state index contributed by atoms with van der Waals surface area (Å²) in [6, 6.07) is 0. The van der Waals surface area contributed by atoms with Gasteiger partial charge in [0.15, 0.2) is 0 Å². The molecule has 0 aromatic carbocycles. The second-order valence-electron chi connectivity index (χ2n) is 5.40. The van der Waals surface area contributed by atoms with Crippen molar-refractivity contribution < 1.29 is 0 Å². The molecule has 0 aliphatic carbocycles. The molecule has 0 spiro atoms. The largest absolute Gasteiger partial charge is 0.282 e. The molecule has 2 unspecified atom stereocenters. The topological polar surface area (TPSA) is 15.6 Å². The highest BCUT2D eigenvalue weighted by atomic mass is 15.2. The van der Waals surface area contributed by atoms with Crippen molar-refractivity contribution in [3.8, 4) is 0 Å². The van der Waals surface area contributed by atoms with Gasteiger partial charge in [0.2, 0.25) is 0 Å². The zero-order valence-corrected chi connectivity index (χ0v) is 10.2. The molecule has 0 aromatic heterocycles. The van der Waals surface area contributed by atoms with Gasteiger partial charge in [0, 0.05) is 18.7 Å². The Morgan fingerprint density at radius 3 is 2.57 bits per heavy atom. The Balaban J connectivity index is 2.64. The predicted molar refractivity (Wildman–Crippen MR) is 62.8 cm³/mol. The first-order valence-corrected chi connectivity index (χ1v) is 5.72. The summed E-state index contributed by atoms with van der Waals surface area (Å²) in [5.41, 5.74) is 0.343. The van der Waals surface area contributed by atoms with Gasteiger partial charge in [-0.15, -0.1) is 0 Å². The first-order valence-electron chi connectivity index (χ1n) is 5.72. The average Bonchev–Trinajstić information content (AvgIpc) is 2.07. The third-order valence-corrected chi connectivity index (χ3v) is 3.06. The average molecular weight is 196 g/mol. The van der Waals surface area contributed by atoms with Crippen LogP contribution in [0.1, 0.15) is 41.0 Å². The van der Waals surface area contributed by atoms with Crippen LogP contribution in [0.15, 0.2) is 4.99 Å². The third kappa shape index (κ3) is 2.81. The molecule has 14 heavy (non-hydrogen) atoms. The Bertz CT molecular complexity index is 203. The Kier molecular flexibility index (Phi) is 3.71. The smallest absolute Gasteiger partial charge is 0.0986 e. The fourth-order valence-electron chi connectivity index (χ4n) is 1.84. The standard InChI is InChI=1S/C12H24N2/c1-6-7-14-9-11(12(3,4)5)8-13-10(14)2/h8,10-11H,6-7,9H2,1-5H3. The molecule has 1 aliphatic rings. The molecule has 0 saturated heterocycles. The van der Waals surface area contributed by atoms with Gasteiger partial charge in [-0.2, -0.15) is 0 Å². The summed E-state index contributed by atoms with van der Waals surface area (Å²) in [7, 11) is 0. The molecule has 0 N–H and O–H groups in total. The second-order valence-corrected chi connectivity index (χ2v) is 5.40. The number of nitrogens with zero attached hydrogens (tertiary/aromatic N) is 2. The summed E-state index contributed by atoms with van der Waals surface area (Å²) < 4.78 is 0. The minimum absolute atomic E-state index is 0.343. The molecule has 0 saturated carbocycles. The van der Waals surface area contributed by atoms with E-state index in [1.54, 1.807) is 0 Å². The lowest BCUT2D eigenvalue weighted by Gasteiger charge is -2.38. The van der Waals surface area contributed by atoms with Gasteiger partial charge in [-0.25, -0.2) is 0 Å². The van der Waals surface area contributed by atoms with Crippen molar-refractivity contribution in [2.45, 2.75) is 47.2 Å². The van der Waals surface area contributed by atoms with Gasteiger partial charge in [0.05, 0.1) is 6.17 Å². The molecule has 1 heterocycles. The molecule has 0 radical (unpaired) electrons. The quantitative estimate of drug-likeness (QED) is 0.663. The van der Waals surface area contributed by atoms with E-state index in [1.807, 2.05) is 0 Å². The van der Waals surface area contributed by atoms with Crippen LogP contribution in [0.25, 0.3) is 0 Å². The molecule has 1 rings (SSSR count). The van der Waals surface area contributed by atoms with Crippen molar-refractivity contribution in [2.24, 2.45) is 16.3 Å². The second kappa shape index (κ2) is 4.43. The van der Waals surface area contributed by atoms with Crippen LogP contribution >= 0.6 is 0 Å². The summed E-state index contributed by atoms with van der Waals surface area (Å²) in [4.78, 5) is 7.06. The van der Waals surface area contributed by atoms with Crippen molar-refractivity contribution in [1.82, 2.24) is 4.90 Å². The van der Waals surface area contributed by atoms with Gasteiger partial charge >= 0.3 is 0 Å². The number of rotatable bonds is 2. The molecule has 0 amide bonds. The molecular weight excluding hydrogens is 172 g/mol.